The van der Waals surface area contributed by atoms with E-state index in [1.807, 2.05) is 36.4 Å². The Balaban J connectivity index is 1.35. The van der Waals surface area contributed by atoms with E-state index in [0.717, 1.165) is 23.9 Å². The van der Waals surface area contributed by atoms with Crippen molar-refractivity contribution in [3.8, 4) is 0 Å². The zero-order valence-electron chi connectivity index (χ0n) is 16.9. The van der Waals surface area contributed by atoms with Gasteiger partial charge >= 0.3 is 0 Å². The Labute approximate surface area is 177 Å². The quantitative estimate of drug-likeness (QED) is 0.685. The minimum atomic E-state index is -3.75. The fourth-order valence-electron chi connectivity index (χ4n) is 3.80. The molecular weight excluding hydrogens is 398 g/mol. The highest BCUT2D eigenvalue weighted by Crippen LogP contribution is 2.21. The number of anilines is 1. The molecule has 1 N–H and O–H groups in total. The van der Waals surface area contributed by atoms with Crippen molar-refractivity contribution in [3.05, 3.63) is 72.3 Å². The van der Waals surface area contributed by atoms with Crippen LogP contribution in [0.3, 0.4) is 0 Å². The molecule has 0 aliphatic carbocycles. The average molecular weight is 424 g/mol. The molecule has 7 heteroatoms. The van der Waals surface area contributed by atoms with Crippen LogP contribution in [-0.4, -0.2) is 51.9 Å². The molecule has 0 bridgehead atoms. The number of benzene rings is 3. The Bertz CT molecular complexity index is 1170. The normalized spacial score (nSPS) is 14.8. The number of hydrogen-bond acceptors (Lipinski definition) is 4. The van der Waals surface area contributed by atoms with Crippen LogP contribution in [0, 0.1) is 6.92 Å². The van der Waals surface area contributed by atoms with E-state index < -0.39 is 10.0 Å². The third-order valence-electron chi connectivity index (χ3n) is 5.53. The molecule has 0 radical (unpaired) electrons. The maximum atomic E-state index is 12.6. The molecule has 30 heavy (non-hydrogen) atoms. The molecule has 1 aliphatic heterocycles. The molecule has 3 aromatic carbocycles. The van der Waals surface area contributed by atoms with Crippen LogP contribution in [-0.2, 0) is 14.8 Å². The Morgan fingerprint density at radius 3 is 2.30 bits per heavy atom. The lowest BCUT2D eigenvalue weighted by Crippen LogP contribution is -2.51. The van der Waals surface area contributed by atoms with E-state index in [9.17, 15) is 13.2 Å². The second-order valence-corrected chi connectivity index (χ2v) is 9.25. The Morgan fingerprint density at radius 2 is 1.57 bits per heavy atom. The highest BCUT2D eigenvalue weighted by molar-refractivity contribution is 7.89. The van der Waals surface area contributed by atoms with E-state index in [2.05, 4.69) is 28.7 Å². The van der Waals surface area contributed by atoms with Gasteiger partial charge in [0, 0.05) is 31.9 Å². The summed E-state index contributed by atoms with van der Waals surface area (Å²) in [6, 6.07) is 20.7. The van der Waals surface area contributed by atoms with Crippen molar-refractivity contribution in [2.75, 3.05) is 37.6 Å². The van der Waals surface area contributed by atoms with Gasteiger partial charge in [-0.15, -0.1) is 0 Å². The first-order valence-electron chi connectivity index (χ1n) is 10.0. The molecule has 6 nitrogen and oxygen atoms in total. The number of fused-ring (bicyclic) bond motifs is 1. The Hall–Kier alpha value is -2.90. The molecule has 156 valence electrons. The van der Waals surface area contributed by atoms with E-state index >= 15 is 0 Å². The maximum Gasteiger partial charge on any atom is 0.241 e. The van der Waals surface area contributed by atoms with Gasteiger partial charge in [0.1, 0.15) is 0 Å². The number of nitrogens with zero attached hydrogens (tertiary/aromatic N) is 2. The number of rotatable bonds is 5. The molecule has 4 rings (SSSR count). The summed E-state index contributed by atoms with van der Waals surface area (Å²) >= 11 is 0. The van der Waals surface area contributed by atoms with Crippen LogP contribution in [0.1, 0.15) is 5.56 Å². The van der Waals surface area contributed by atoms with Gasteiger partial charge in [-0.2, -0.15) is 0 Å². The monoisotopic (exact) mass is 423 g/mol. The molecule has 0 spiro atoms. The van der Waals surface area contributed by atoms with Crippen LogP contribution in [0.2, 0.25) is 0 Å². The summed E-state index contributed by atoms with van der Waals surface area (Å²) in [5.41, 5.74) is 2.39. The highest BCUT2D eigenvalue weighted by atomic mass is 32.2. The SMILES string of the molecule is Cc1ccccc1N1CCN(C(=O)CNS(=O)(=O)c2ccc3ccccc3c2)CC1. The van der Waals surface area contributed by atoms with E-state index in [0.29, 0.717) is 13.1 Å². The largest absolute Gasteiger partial charge is 0.368 e. The van der Waals surface area contributed by atoms with Gasteiger partial charge in [0.15, 0.2) is 0 Å². The first-order chi connectivity index (χ1) is 14.4. The lowest BCUT2D eigenvalue weighted by molar-refractivity contribution is -0.130. The summed E-state index contributed by atoms with van der Waals surface area (Å²) in [5.74, 6) is -0.205. The van der Waals surface area contributed by atoms with E-state index in [1.165, 1.54) is 11.3 Å². The van der Waals surface area contributed by atoms with E-state index in [1.54, 1.807) is 23.1 Å². The van der Waals surface area contributed by atoms with Crippen molar-refractivity contribution in [2.24, 2.45) is 0 Å². The number of piperazine rings is 1. The van der Waals surface area contributed by atoms with Crippen LogP contribution in [0.15, 0.2) is 71.6 Å². The van der Waals surface area contributed by atoms with Crippen molar-refractivity contribution in [2.45, 2.75) is 11.8 Å². The van der Waals surface area contributed by atoms with Gasteiger partial charge in [0.2, 0.25) is 15.9 Å². The lowest BCUT2D eigenvalue weighted by atomic mass is 10.1. The second-order valence-electron chi connectivity index (χ2n) is 7.49. The zero-order valence-corrected chi connectivity index (χ0v) is 17.7. The molecule has 1 fully saturated rings. The number of hydrogen-bond donors (Lipinski definition) is 1. The number of sulfonamides is 1. The number of carbonyl (C=O) groups excluding carboxylic acids is 1. The van der Waals surface area contributed by atoms with Crippen molar-refractivity contribution in [1.82, 2.24) is 9.62 Å². The summed E-state index contributed by atoms with van der Waals surface area (Å²) in [7, 11) is -3.75. The van der Waals surface area contributed by atoms with Crippen LogP contribution in [0.4, 0.5) is 5.69 Å². The predicted molar refractivity (Wildman–Crippen MR) is 119 cm³/mol. The number of para-hydroxylation sites is 1. The number of amides is 1. The van der Waals surface area contributed by atoms with Crippen LogP contribution < -0.4 is 9.62 Å². The van der Waals surface area contributed by atoms with Gasteiger partial charge in [-0.3, -0.25) is 4.79 Å². The average Bonchev–Trinajstić information content (AvgIpc) is 2.77. The van der Waals surface area contributed by atoms with Gasteiger partial charge in [0.25, 0.3) is 0 Å². The number of aryl methyl sites for hydroxylation is 1. The topological polar surface area (TPSA) is 69.7 Å². The molecule has 1 saturated heterocycles. The second kappa shape index (κ2) is 8.45. The third-order valence-corrected chi connectivity index (χ3v) is 6.93. The first kappa shape index (κ1) is 20.4. The highest BCUT2D eigenvalue weighted by Gasteiger charge is 2.23. The minimum Gasteiger partial charge on any atom is -0.368 e. The molecule has 0 atom stereocenters. The predicted octanol–water partition coefficient (Wildman–Crippen LogP) is 2.78. The van der Waals surface area contributed by atoms with Crippen molar-refractivity contribution in [3.63, 3.8) is 0 Å². The summed E-state index contributed by atoms with van der Waals surface area (Å²) in [6.45, 7) is 4.45. The molecule has 1 aliphatic rings. The Morgan fingerprint density at radius 1 is 0.900 bits per heavy atom. The molecule has 1 amide bonds. The van der Waals surface area contributed by atoms with Crippen molar-refractivity contribution >= 4 is 32.4 Å². The van der Waals surface area contributed by atoms with E-state index in [4.69, 9.17) is 0 Å². The number of nitrogens with one attached hydrogen (secondary N) is 1. The number of carbonyl (C=O) groups is 1. The molecule has 0 saturated carbocycles. The van der Waals surface area contributed by atoms with Gasteiger partial charge in [0.05, 0.1) is 11.4 Å². The molecule has 3 aromatic rings. The zero-order chi connectivity index (χ0) is 21.1. The van der Waals surface area contributed by atoms with Crippen LogP contribution >= 0.6 is 0 Å². The first-order valence-corrected chi connectivity index (χ1v) is 11.5. The van der Waals surface area contributed by atoms with Crippen molar-refractivity contribution < 1.29 is 13.2 Å². The molecule has 0 aromatic heterocycles. The van der Waals surface area contributed by atoms with Crippen LogP contribution in [0.25, 0.3) is 10.8 Å². The smallest absolute Gasteiger partial charge is 0.241 e. The molecule has 0 unspecified atom stereocenters. The third kappa shape index (κ3) is 4.32. The van der Waals surface area contributed by atoms with Gasteiger partial charge in [-0.05, 0) is 41.5 Å². The summed E-state index contributed by atoms with van der Waals surface area (Å²) in [4.78, 5) is 16.7. The van der Waals surface area contributed by atoms with Gasteiger partial charge < -0.3 is 9.80 Å². The fraction of sp³-hybridized carbons (Fsp3) is 0.261. The van der Waals surface area contributed by atoms with Crippen LogP contribution in [0.5, 0.6) is 0 Å². The molecule has 1 heterocycles. The standard InChI is InChI=1S/C23H25N3O3S/c1-18-6-2-5-9-22(18)25-12-14-26(15-13-25)23(27)17-24-30(28,29)21-11-10-19-7-3-4-8-20(19)16-21/h2-11,16,24H,12-15,17H2,1H3. The van der Waals surface area contributed by atoms with Gasteiger partial charge in [-0.1, -0.05) is 48.5 Å². The summed E-state index contributed by atoms with van der Waals surface area (Å²) in [5, 5.41) is 1.82. The summed E-state index contributed by atoms with van der Waals surface area (Å²) in [6.07, 6.45) is 0. The fourth-order valence-corrected chi connectivity index (χ4v) is 4.81. The maximum absolute atomic E-state index is 12.6. The molecular formula is C23H25N3O3S. The lowest BCUT2D eigenvalue weighted by Gasteiger charge is -2.36. The van der Waals surface area contributed by atoms with Crippen molar-refractivity contribution in [1.29, 1.82) is 0 Å². The van der Waals surface area contributed by atoms with E-state index in [-0.39, 0.29) is 17.3 Å². The van der Waals surface area contributed by atoms with Gasteiger partial charge in [-0.25, -0.2) is 13.1 Å². The minimum absolute atomic E-state index is 0.165. The Kier molecular flexibility index (Phi) is 5.74. The summed E-state index contributed by atoms with van der Waals surface area (Å²) < 4.78 is 27.8.